The van der Waals surface area contributed by atoms with Gasteiger partial charge < -0.3 is 4.90 Å². The van der Waals surface area contributed by atoms with Crippen LogP contribution in [-0.2, 0) is 4.79 Å². The maximum atomic E-state index is 11.6. The van der Waals surface area contributed by atoms with Gasteiger partial charge in [-0.3, -0.25) is 10.1 Å². The average Bonchev–Trinajstić information content (AvgIpc) is 2.30. The quantitative estimate of drug-likeness (QED) is 0.689. The maximum absolute atomic E-state index is 11.6. The molecule has 1 saturated heterocycles. The van der Waals surface area contributed by atoms with E-state index in [1.165, 1.54) is 19.3 Å². The molecule has 0 bridgehead atoms. The van der Waals surface area contributed by atoms with E-state index in [0.29, 0.717) is 24.4 Å². The summed E-state index contributed by atoms with van der Waals surface area (Å²) in [6, 6.07) is 0.537. The lowest BCUT2D eigenvalue weighted by Gasteiger charge is -2.39. The van der Waals surface area contributed by atoms with E-state index in [-0.39, 0.29) is 6.17 Å². The number of nitrogens with one attached hydrogen (secondary N) is 1. The molecule has 1 aliphatic carbocycles. The van der Waals surface area contributed by atoms with Crippen molar-refractivity contribution < 1.29 is 4.79 Å². The fourth-order valence-electron chi connectivity index (χ4n) is 2.19. The lowest BCUT2D eigenvalue weighted by molar-refractivity contribution is -0.132. The number of carbonyl (C=O) groups excluding carboxylic acids is 1. The van der Waals surface area contributed by atoms with Crippen molar-refractivity contribution in [2.45, 2.75) is 45.3 Å². The van der Waals surface area contributed by atoms with Gasteiger partial charge in [-0.25, -0.2) is 0 Å². The zero-order chi connectivity index (χ0) is 9.42. The third kappa shape index (κ3) is 1.46. The van der Waals surface area contributed by atoms with Crippen molar-refractivity contribution in [3.63, 3.8) is 0 Å². The minimum Gasteiger partial charge on any atom is -0.323 e. The Morgan fingerprint density at radius 3 is 2.62 bits per heavy atom. The van der Waals surface area contributed by atoms with Crippen molar-refractivity contribution in [1.82, 2.24) is 10.2 Å². The van der Waals surface area contributed by atoms with E-state index >= 15 is 0 Å². The molecule has 2 aliphatic rings. The van der Waals surface area contributed by atoms with Crippen LogP contribution in [0.1, 0.15) is 33.1 Å². The summed E-state index contributed by atoms with van der Waals surface area (Å²) in [5.41, 5.74) is 0. The zero-order valence-corrected chi connectivity index (χ0v) is 8.42. The summed E-state index contributed by atoms with van der Waals surface area (Å²) in [5, 5.41) is 3.28. The SMILES string of the molecule is CC(C)C1NCC(=O)N1C1CCC1. The highest BCUT2D eigenvalue weighted by molar-refractivity contribution is 5.81. The van der Waals surface area contributed by atoms with Gasteiger partial charge in [-0.1, -0.05) is 13.8 Å². The standard InChI is InChI=1S/C10H18N2O/c1-7(2)10-11-6-9(13)12(10)8-4-3-5-8/h7-8,10-11H,3-6H2,1-2H3. The molecule has 0 radical (unpaired) electrons. The zero-order valence-electron chi connectivity index (χ0n) is 8.42. The highest BCUT2D eigenvalue weighted by Crippen LogP contribution is 2.29. The van der Waals surface area contributed by atoms with Crippen LogP contribution < -0.4 is 5.32 Å². The molecule has 3 nitrogen and oxygen atoms in total. The van der Waals surface area contributed by atoms with Crippen LogP contribution >= 0.6 is 0 Å². The van der Waals surface area contributed by atoms with Crippen LogP contribution in [0.4, 0.5) is 0 Å². The number of rotatable bonds is 2. The number of nitrogens with zero attached hydrogens (tertiary/aromatic N) is 1. The summed E-state index contributed by atoms with van der Waals surface area (Å²) in [5.74, 6) is 0.815. The predicted octanol–water partition coefficient (Wildman–Crippen LogP) is 0.953. The highest BCUT2D eigenvalue weighted by Gasteiger charge is 2.39. The van der Waals surface area contributed by atoms with E-state index in [9.17, 15) is 4.79 Å². The van der Waals surface area contributed by atoms with Crippen molar-refractivity contribution in [2.75, 3.05) is 6.54 Å². The van der Waals surface area contributed by atoms with Crippen LogP contribution in [0.2, 0.25) is 0 Å². The Labute approximate surface area is 79.5 Å². The minimum atomic E-state index is 0.290. The molecule has 0 spiro atoms. The fraction of sp³-hybridized carbons (Fsp3) is 0.900. The van der Waals surface area contributed by atoms with E-state index in [2.05, 4.69) is 24.1 Å². The maximum Gasteiger partial charge on any atom is 0.238 e. The number of hydrogen-bond donors (Lipinski definition) is 1. The first-order chi connectivity index (χ1) is 6.20. The highest BCUT2D eigenvalue weighted by atomic mass is 16.2. The molecule has 74 valence electrons. The van der Waals surface area contributed by atoms with Crippen LogP contribution in [0.15, 0.2) is 0 Å². The van der Waals surface area contributed by atoms with E-state index in [1.54, 1.807) is 0 Å². The van der Waals surface area contributed by atoms with Gasteiger partial charge in [0.05, 0.1) is 12.7 Å². The van der Waals surface area contributed by atoms with Gasteiger partial charge in [-0.15, -0.1) is 0 Å². The van der Waals surface area contributed by atoms with E-state index in [1.807, 2.05) is 0 Å². The molecular weight excluding hydrogens is 164 g/mol. The third-order valence-electron chi connectivity index (χ3n) is 3.15. The van der Waals surface area contributed by atoms with Gasteiger partial charge in [0.2, 0.25) is 5.91 Å². The summed E-state index contributed by atoms with van der Waals surface area (Å²) >= 11 is 0. The summed E-state index contributed by atoms with van der Waals surface area (Å²) in [7, 11) is 0. The van der Waals surface area contributed by atoms with Gasteiger partial charge in [0.15, 0.2) is 0 Å². The second-order valence-electron chi connectivity index (χ2n) is 4.46. The average molecular weight is 182 g/mol. The summed E-state index contributed by atoms with van der Waals surface area (Å²) in [6.45, 7) is 4.88. The lowest BCUT2D eigenvalue weighted by atomic mass is 9.90. The van der Waals surface area contributed by atoms with Gasteiger partial charge in [0.25, 0.3) is 0 Å². The Morgan fingerprint density at radius 1 is 1.46 bits per heavy atom. The van der Waals surface area contributed by atoms with Crippen LogP contribution in [0.5, 0.6) is 0 Å². The molecule has 3 heteroatoms. The molecule has 1 atom stereocenters. The Morgan fingerprint density at radius 2 is 2.15 bits per heavy atom. The van der Waals surface area contributed by atoms with Crippen LogP contribution in [0, 0.1) is 5.92 Å². The summed E-state index contributed by atoms with van der Waals surface area (Å²) < 4.78 is 0. The molecule has 0 aromatic carbocycles. The van der Waals surface area contributed by atoms with E-state index in [4.69, 9.17) is 0 Å². The molecule has 13 heavy (non-hydrogen) atoms. The predicted molar refractivity (Wildman–Crippen MR) is 51.1 cm³/mol. The van der Waals surface area contributed by atoms with E-state index < -0.39 is 0 Å². The van der Waals surface area contributed by atoms with Gasteiger partial charge in [0, 0.05) is 6.04 Å². The van der Waals surface area contributed by atoms with Crippen molar-refractivity contribution in [1.29, 1.82) is 0 Å². The largest absolute Gasteiger partial charge is 0.323 e. The third-order valence-corrected chi connectivity index (χ3v) is 3.15. The van der Waals surface area contributed by atoms with Crippen LogP contribution in [0.3, 0.4) is 0 Å². The second-order valence-corrected chi connectivity index (χ2v) is 4.46. The Hall–Kier alpha value is -0.570. The molecule has 1 N–H and O–H groups in total. The molecule has 1 saturated carbocycles. The number of amides is 1. The number of hydrogen-bond acceptors (Lipinski definition) is 2. The monoisotopic (exact) mass is 182 g/mol. The molecule has 0 aromatic rings. The van der Waals surface area contributed by atoms with Gasteiger partial charge >= 0.3 is 0 Å². The lowest BCUT2D eigenvalue weighted by Crippen LogP contribution is -2.49. The van der Waals surface area contributed by atoms with Crippen molar-refractivity contribution in [3.8, 4) is 0 Å². The van der Waals surface area contributed by atoms with Crippen LogP contribution in [-0.4, -0.2) is 29.6 Å². The van der Waals surface area contributed by atoms with Crippen molar-refractivity contribution >= 4 is 5.91 Å². The fourth-order valence-corrected chi connectivity index (χ4v) is 2.19. The first kappa shape index (κ1) is 9.00. The molecule has 1 unspecified atom stereocenters. The van der Waals surface area contributed by atoms with Crippen molar-refractivity contribution in [3.05, 3.63) is 0 Å². The molecule has 1 heterocycles. The smallest absolute Gasteiger partial charge is 0.238 e. The molecule has 1 amide bonds. The van der Waals surface area contributed by atoms with Gasteiger partial charge in [0.1, 0.15) is 0 Å². The summed E-state index contributed by atoms with van der Waals surface area (Å²) in [6.07, 6.45) is 3.99. The normalized spacial score (nSPS) is 29.9. The van der Waals surface area contributed by atoms with Gasteiger partial charge in [-0.2, -0.15) is 0 Å². The molecule has 1 aliphatic heterocycles. The molecule has 2 rings (SSSR count). The molecule has 2 fully saturated rings. The summed E-state index contributed by atoms with van der Waals surface area (Å²) in [4.78, 5) is 13.7. The first-order valence-corrected chi connectivity index (χ1v) is 5.24. The minimum absolute atomic E-state index is 0.290. The van der Waals surface area contributed by atoms with Crippen molar-refractivity contribution in [2.24, 2.45) is 5.92 Å². The van der Waals surface area contributed by atoms with Crippen LogP contribution in [0.25, 0.3) is 0 Å². The Kier molecular flexibility index (Phi) is 2.28. The Balaban J connectivity index is 2.06. The van der Waals surface area contributed by atoms with E-state index in [0.717, 1.165) is 0 Å². The number of carbonyl (C=O) groups is 1. The molecule has 0 aromatic heterocycles. The van der Waals surface area contributed by atoms with Gasteiger partial charge in [-0.05, 0) is 25.2 Å². The second kappa shape index (κ2) is 3.29. The molecular formula is C10H18N2O. The first-order valence-electron chi connectivity index (χ1n) is 5.24. The Bertz CT molecular complexity index is 211. The topological polar surface area (TPSA) is 32.3 Å².